The van der Waals surface area contributed by atoms with E-state index in [1.807, 2.05) is 18.7 Å². The van der Waals surface area contributed by atoms with Crippen LogP contribution >= 0.6 is 0 Å². The third kappa shape index (κ3) is 6.17. The lowest BCUT2D eigenvalue weighted by Gasteiger charge is -2.20. The van der Waals surface area contributed by atoms with E-state index in [2.05, 4.69) is 29.4 Å². The average Bonchev–Trinajstić information content (AvgIpc) is 3.22. The first-order valence-corrected chi connectivity index (χ1v) is 10.1. The number of nitrogens with one attached hydrogen (secondary N) is 2. The zero-order valence-corrected chi connectivity index (χ0v) is 16.6. The van der Waals surface area contributed by atoms with Crippen LogP contribution in [0, 0.1) is 11.8 Å². The first-order valence-electron chi connectivity index (χ1n) is 10.1. The summed E-state index contributed by atoms with van der Waals surface area (Å²) in [6, 6.07) is 0.306. The predicted octanol–water partition coefficient (Wildman–Crippen LogP) is 1.53. The maximum absolute atomic E-state index is 12.1. The van der Waals surface area contributed by atoms with Crippen LogP contribution in [0.2, 0.25) is 0 Å². The summed E-state index contributed by atoms with van der Waals surface area (Å²) in [6.07, 6.45) is 3.48. The van der Waals surface area contributed by atoms with E-state index in [1.165, 1.54) is 32.5 Å². The summed E-state index contributed by atoms with van der Waals surface area (Å²) in [5, 5.41) is 6.89. The molecule has 0 aromatic heterocycles. The van der Waals surface area contributed by atoms with Gasteiger partial charge in [0.2, 0.25) is 5.91 Å². The lowest BCUT2D eigenvalue weighted by atomic mass is 10.1. The quantitative estimate of drug-likeness (QED) is 0.539. The first-order chi connectivity index (χ1) is 12.0. The number of aliphatic imine (C=N–C) groups is 1. The number of hydrogen-bond donors (Lipinski definition) is 2. The highest BCUT2D eigenvalue weighted by Gasteiger charge is 2.28. The van der Waals surface area contributed by atoms with Crippen LogP contribution in [0.5, 0.6) is 0 Å². The molecule has 0 bridgehead atoms. The standard InChI is InChI=1S/C19H37N5O/c1-5-9-23-10-7-16(13-23)12-21-19(20-6-2)22-17-8-11-24(14-17)18(25)15(3)4/h15-17H,5-14H2,1-4H3,(H2,20,21,22). The second-order valence-corrected chi connectivity index (χ2v) is 7.74. The molecule has 6 heteroatoms. The topological polar surface area (TPSA) is 60.0 Å². The van der Waals surface area contributed by atoms with Crippen molar-refractivity contribution in [3.05, 3.63) is 0 Å². The van der Waals surface area contributed by atoms with Crippen molar-refractivity contribution in [2.24, 2.45) is 16.8 Å². The Kier molecular flexibility index (Phi) is 8.00. The number of hydrogen-bond acceptors (Lipinski definition) is 3. The van der Waals surface area contributed by atoms with Gasteiger partial charge in [-0.05, 0) is 45.2 Å². The van der Waals surface area contributed by atoms with Crippen LogP contribution in [0.1, 0.15) is 47.0 Å². The van der Waals surface area contributed by atoms with E-state index >= 15 is 0 Å². The molecule has 0 aromatic carbocycles. The Morgan fingerprint density at radius 3 is 2.68 bits per heavy atom. The summed E-state index contributed by atoms with van der Waals surface area (Å²) in [7, 11) is 0. The van der Waals surface area contributed by atoms with Crippen LogP contribution in [0.15, 0.2) is 4.99 Å². The molecule has 0 aliphatic carbocycles. The van der Waals surface area contributed by atoms with Gasteiger partial charge in [-0.2, -0.15) is 0 Å². The first kappa shape index (κ1) is 20.0. The zero-order chi connectivity index (χ0) is 18.2. The summed E-state index contributed by atoms with van der Waals surface area (Å²) in [4.78, 5) is 21.5. The number of amides is 1. The van der Waals surface area contributed by atoms with Crippen molar-refractivity contribution in [1.29, 1.82) is 0 Å². The fourth-order valence-electron chi connectivity index (χ4n) is 3.76. The van der Waals surface area contributed by atoms with Gasteiger partial charge in [-0.1, -0.05) is 20.8 Å². The SMILES string of the molecule is CCCN1CCC(CN=C(NCC)NC2CCN(C(=O)C(C)C)C2)C1. The molecular formula is C19H37N5O. The normalized spacial score (nSPS) is 25.0. The summed E-state index contributed by atoms with van der Waals surface area (Å²) < 4.78 is 0. The Labute approximate surface area is 153 Å². The fourth-order valence-corrected chi connectivity index (χ4v) is 3.76. The van der Waals surface area contributed by atoms with Gasteiger partial charge in [-0.3, -0.25) is 9.79 Å². The Hall–Kier alpha value is -1.30. The lowest BCUT2D eigenvalue weighted by Crippen LogP contribution is -2.45. The molecule has 2 saturated heterocycles. The highest BCUT2D eigenvalue weighted by atomic mass is 16.2. The molecule has 2 fully saturated rings. The molecule has 2 heterocycles. The minimum Gasteiger partial charge on any atom is -0.357 e. The molecule has 2 N–H and O–H groups in total. The largest absolute Gasteiger partial charge is 0.357 e. The van der Waals surface area contributed by atoms with Crippen molar-refractivity contribution >= 4 is 11.9 Å². The Balaban J connectivity index is 1.81. The number of guanidine groups is 1. The van der Waals surface area contributed by atoms with Gasteiger partial charge >= 0.3 is 0 Å². The van der Waals surface area contributed by atoms with E-state index < -0.39 is 0 Å². The van der Waals surface area contributed by atoms with Crippen molar-refractivity contribution in [2.75, 3.05) is 45.8 Å². The Bertz CT molecular complexity index is 451. The molecule has 0 aromatic rings. The Morgan fingerprint density at radius 2 is 2.00 bits per heavy atom. The monoisotopic (exact) mass is 351 g/mol. The molecule has 0 spiro atoms. The van der Waals surface area contributed by atoms with Crippen LogP contribution < -0.4 is 10.6 Å². The molecular weight excluding hydrogens is 314 g/mol. The number of rotatable bonds is 7. The molecule has 144 valence electrons. The molecule has 6 nitrogen and oxygen atoms in total. The van der Waals surface area contributed by atoms with Crippen LogP contribution in [-0.4, -0.2) is 73.5 Å². The predicted molar refractivity (Wildman–Crippen MR) is 104 cm³/mol. The van der Waals surface area contributed by atoms with Gasteiger partial charge in [-0.25, -0.2) is 0 Å². The van der Waals surface area contributed by atoms with Gasteiger partial charge in [0.1, 0.15) is 0 Å². The second-order valence-electron chi connectivity index (χ2n) is 7.74. The lowest BCUT2D eigenvalue weighted by molar-refractivity contribution is -0.133. The van der Waals surface area contributed by atoms with Crippen molar-refractivity contribution in [2.45, 2.75) is 53.0 Å². The van der Waals surface area contributed by atoms with Gasteiger partial charge in [0.25, 0.3) is 0 Å². The fraction of sp³-hybridized carbons (Fsp3) is 0.895. The van der Waals surface area contributed by atoms with E-state index in [-0.39, 0.29) is 11.8 Å². The second kappa shape index (κ2) is 10.00. The summed E-state index contributed by atoms with van der Waals surface area (Å²) in [5.41, 5.74) is 0. The van der Waals surface area contributed by atoms with Crippen molar-refractivity contribution in [3.63, 3.8) is 0 Å². The highest BCUT2D eigenvalue weighted by molar-refractivity contribution is 5.81. The number of nitrogens with zero attached hydrogens (tertiary/aromatic N) is 3. The van der Waals surface area contributed by atoms with Crippen molar-refractivity contribution < 1.29 is 4.79 Å². The van der Waals surface area contributed by atoms with E-state index in [0.717, 1.165) is 38.6 Å². The third-order valence-electron chi connectivity index (χ3n) is 5.10. The van der Waals surface area contributed by atoms with E-state index in [4.69, 9.17) is 4.99 Å². The summed E-state index contributed by atoms with van der Waals surface area (Å²) in [5.74, 6) is 1.91. The molecule has 25 heavy (non-hydrogen) atoms. The molecule has 2 atom stereocenters. The molecule has 1 amide bonds. The van der Waals surface area contributed by atoms with E-state index in [0.29, 0.717) is 12.0 Å². The average molecular weight is 352 g/mol. The number of likely N-dealkylation sites (tertiary alicyclic amines) is 2. The molecule has 0 saturated carbocycles. The van der Waals surface area contributed by atoms with E-state index in [9.17, 15) is 4.79 Å². The smallest absolute Gasteiger partial charge is 0.225 e. The van der Waals surface area contributed by atoms with Gasteiger partial charge in [0.05, 0.1) is 0 Å². The molecule has 2 aliphatic rings. The maximum atomic E-state index is 12.1. The van der Waals surface area contributed by atoms with Crippen LogP contribution in [0.25, 0.3) is 0 Å². The summed E-state index contributed by atoms with van der Waals surface area (Å²) >= 11 is 0. The van der Waals surface area contributed by atoms with Crippen molar-refractivity contribution in [3.8, 4) is 0 Å². The molecule has 0 radical (unpaired) electrons. The Morgan fingerprint density at radius 1 is 1.20 bits per heavy atom. The molecule has 2 aliphatic heterocycles. The van der Waals surface area contributed by atoms with Crippen LogP contribution in [0.3, 0.4) is 0 Å². The minimum absolute atomic E-state index is 0.0779. The minimum atomic E-state index is 0.0779. The maximum Gasteiger partial charge on any atom is 0.225 e. The zero-order valence-electron chi connectivity index (χ0n) is 16.6. The van der Waals surface area contributed by atoms with Crippen molar-refractivity contribution in [1.82, 2.24) is 20.4 Å². The van der Waals surface area contributed by atoms with Gasteiger partial charge < -0.3 is 20.4 Å². The third-order valence-corrected chi connectivity index (χ3v) is 5.10. The molecule has 2 unspecified atom stereocenters. The van der Waals surface area contributed by atoms with Gasteiger partial charge in [0, 0.05) is 44.7 Å². The van der Waals surface area contributed by atoms with Crippen LogP contribution in [-0.2, 0) is 4.79 Å². The number of carbonyl (C=O) groups excluding carboxylic acids is 1. The molecule has 2 rings (SSSR count). The van der Waals surface area contributed by atoms with Gasteiger partial charge in [-0.15, -0.1) is 0 Å². The summed E-state index contributed by atoms with van der Waals surface area (Å²) in [6.45, 7) is 15.3. The highest BCUT2D eigenvalue weighted by Crippen LogP contribution is 2.17. The number of carbonyl (C=O) groups is 1. The van der Waals surface area contributed by atoms with E-state index in [1.54, 1.807) is 0 Å². The van der Waals surface area contributed by atoms with Crippen LogP contribution in [0.4, 0.5) is 0 Å². The van der Waals surface area contributed by atoms with Gasteiger partial charge in [0.15, 0.2) is 5.96 Å².